The lowest BCUT2D eigenvalue weighted by atomic mass is 9.86. The number of rotatable bonds is 3. The van der Waals surface area contributed by atoms with Gasteiger partial charge in [0.25, 0.3) is 0 Å². The van der Waals surface area contributed by atoms with Crippen LogP contribution in [0.5, 0.6) is 0 Å². The van der Waals surface area contributed by atoms with E-state index in [1.54, 1.807) is 0 Å². The standard InChI is InChI=1S/C16H17BrOS/c1-16(2,3)12-6-4-11(5-7-12)10-14(18)15-13(17)8-9-19-15/h4-9H,10H2,1-3H3. The van der Waals surface area contributed by atoms with Gasteiger partial charge in [-0.1, -0.05) is 45.0 Å². The molecule has 0 aliphatic heterocycles. The molecule has 0 saturated heterocycles. The van der Waals surface area contributed by atoms with Gasteiger partial charge in [-0.05, 0) is 43.9 Å². The Morgan fingerprint density at radius 3 is 2.26 bits per heavy atom. The van der Waals surface area contributed by atoms with Crippen LogP contribution in [-0.2, 0) is 11.8 Å². The molecule has 2 rings (SSSR count). The molecule has 19 heavy (non-hydrogen) atoms. The Kier molecular flexibility index (Phi) is 4.26. The first-order valence-corrected chi connectivity index (χ1v) is 7.91. The van der Waals surface area contributed by atoms with Gasteiger partial charge in [-0.2, -0.15) is 0 Å². The largest absolute Gasteiger partial charge is 0.293 e. The van der Waals surface area contributed by atoms with Gasteiger partial charge in [-0.3, -0.25) is 4.79 Å². The smallest absolute Gasteiger partial charge is 0.178 e. The van der Waals surface area contributed by atoms with E-state index in [1.807, 2.05) is 11.4 Å². The van der Waals surface area contributed by atoms with E-state index >= 15 is 0 Å². The normalized spacial score (nSPS) is 11.6. The van der Waals surface area contributed by atoms with Crippen molar-refractivity contribution in [2.75, 3.05) is 0 Å². The van der Waals surface area contributed by atoms with Crippen molar-refractivity contribution in [3.05, 3.63) is 56.2 Å². The minimum Gasteiger partial charge on any atom is -0.293 e. The maximum Gasteiger partial charge on any atom is 0.178 e. The number of thiophene rings is 1. The Morgan fingerprint density at radius 1 is 1.16 bits per heavy atom. The summed E-state index contributed by atoms with van der Waals surface area (Å²) < 4.78 is 0.897. The highest BCUT2D eigenvalue weighted by atomic mass is 79.9. The first kappa shape index (κ1) is 14.5. The molecule has 0 fully saturated rings. The summed E-state index contributed by atoms with van der Waals surface area (Å²) in [5, 5.41) is 1.93. The minimum absolute atomic E-state index is 0.152. The number of hydrogen-bond acceptors (Lipinski definition) is 2. The molecule has 0 spiro atoms. The maximum absolute atomic E-state index is 12.2. The molecular weight excluding hydrogens is 320 g/mol. The molecule has 1 nitrogen and oxygen atoms in total. The van der Waals surface area contributed by atoms with E-state index in [2.05, 4.69) is 61.0 Å². The number of halogens is 1. The van der Waals surface area contributed by atoms with Crippen LogP contribution in [0.15, 0.2) is 40.2 Å². The van der Waals surface area contributed by atoms with E-state index in [0.717, 1.165) is 14.9 Å². The lowest BCUT2D eigenvalue weighted by Gasteiger charge is -2.19. The fourth-order valence-corrected chi connectivity index (χ4v) is 3.41. The third kappa shape index (κ3) is 3.54. The Bertz CT molecular complexity index is 576. The summed E-state index contributed by atoms with van der Waals surface area (Å²) in [5.74, 6) is 0.172. The molecule has 0 radical (unpaired) electrons. The average molecular weight is 337 g/mol. The van der Waals surface area contributed by atoms with Crippen molar-refractivity contribution in [1.82, 2.24) is 0 Å². The van der Waals surface area contributed by atoms with Gasteiger partial charge in [0.2, 0.25) is 0 Å². The lowest BCUT2D eigenvalue weighted by molar-refractivity contribution is 0.0996. The first-order valence-electron chi connectivity index (χ1n) is 6.23. The Hall–Kier alpha value is -0.930. The van der Waals surface area contributed by atoms with E-state index in [0.29, 0.717) is 6.42 Å². The highest BCUT2D eigenvalue weighted by Gasteiger charge is 2.15. The molecule has 0 saturated carbocycles. The van der Waals surface area contributed by atoms with Gasteiger partial charge in [-0.15, -0.1) is 11.3 Å². The van der Waals surface area contributed by atoms with Crippen molar-refractivity contribution in [3.63, 3.8) is 0 Å². The second kappa shape index (κ2) is 5.59. The molecule has 0 aliphatic carbocycles. The van der Waals surface area contributed by atoms with E-state index in [-0.39, 0.29) is 11.2 Å². The fourth-order valence-electron chi connectivity index (χ4n) is 1.88. The number of ketones is 1. The highest BCUT2D eigenvalue weighted by Crippen LogP contribution is 2.25. The van der Waals surface area contributed by atoms with E-state index < -0.39 is 0 Å². The van der Waals surface area contributed by atoms with Gasteiger partial charge in [0.1, 0.15) is 0 Å². The van der Waals surface area contributed by atoms with Gasteiger partial charge in [-0.25, -0.2) is 0 Å². The highest BCUT2D eigenvalue weighted by molar-refractivity contribution is 9.10. The summed E-state index contributed by atoms with van der Waals surface area (Å²) in [6.45, 7) is 6.57. The van der Waals surface area contributed by atoms with Crippen molar-refractivity contribution in [3.8, 4) is 0 Å². The Morgan fingerprint density at radius 2 is 1.79 bits per heavy atom. The zero-order valence-electron chi connectivity index (χ0n) is 11.4. The summed E-state index contributed by atoms with van der Waals surface area (Å²) in [6.07, 6.45) is 0.462. The monoisotopic (exact) mass is 336 g/mol. The van der Waals surface area contributed by atoms with E-state index in [1.165, 1.54) is 16.9 Å². The Labute approximate surface area is 126 Å². The predicted molar refractivity (Wildman–Crippen MR) is 85.2 cm³/mol. The topological polar surface area (TPSA) is 17.1 Å². The summed E-state index contributed by atoms with van der Waals surface area (Å²) >= 11 is 4.90. The molecule has 0 bridgehead atoms. The molecule has 1 aromatic carbocycles. The fraction of sp³-hybridized carbons (Fsp3) is 0.312. The summed E-state index contributed by atoms with van der Waals surface area (Å²) in [5.41, 5.74) is 2.51. The molecule has 1 heterocycles. The number of hydrogen-bond donors (Lipinski definition) is 0. The zero-order chi connectivity index (χ0) is 14.0. The molecule has 0 atom stereocenters. The van der Waals surface area contributed by atoms with Crippen LogP contribution in [0.25, 0.3) is 0 Å². The van der Waals surface area contributed by atoms with Crippen molar-refractivity contribution < 1.29 is 4.79 Å². The van der Waals surface area contributed by atoms with Gasteiger partial charge in [0.15, 0.2) is 5.78 Å². The van der Waals surface area contributed by atoms with Crippen LogP contribution < -0.4 is 0 Å². The van der Waals surface area contributed by atoms with Crippen molar-refractivity contribution in [2.24, 2.45) is 0 Å². The lowest BCUT2D eigenvalue weighted by Crippen LogP contribution is -2.11. The van der Waals surface area contributed by atoms with Crippen LogP contribution in [-0.4, -0.2) is 5.78 Å². The SMILES string of the molecule is CC(C)(C)c1ccc(CC(=O)c2sccc2Br)cc1. The number of carbonyl (C=O) groups excluding carboxylic acids is 1. The maximum atomic E-state index is 12.2. The van der Waals surface area contributed by atoms with Crippen LogP contribution in [0.3, 0.4) is 0 Å². The molecule has 0 N–H and O–H groups in total. The first-order chi connectivity index (χ1) is 8.88. The van der Waals surface area contributed by atoms with Crippen LogP contribution >= 0.6 is 27.3 Å². The summed E-state index contributed by atoms with van der Waals surface area (Å²) in [7, 11) is 0. The van der Waals surface area contributed by atoms with Gasteiger partial charge in [0.05, 0.1) is 4.88 Å². The molecule has 100 valence electrons. The molecule has 1 aromatic heterocycles. The predicted octanol–water partition coefficient (Wildman–Crippen LogP) is 5.23. The summed E-state index contributed by atoms with van der Waals surface area (Å²) in [6, 6.07) is 10.3. The second-order valence-electron chi connectivity index (χ2n) is 5.64. The van der Waals surface area contributed by atoms with Crippen molar-refractivity contribution >= 4 is 33.0 Å². The quantitative estimate of drug-likeness (QED) is 0.701. The third-order valence-electron chi connectivity index (χ3n) is 3.06. The molecule has 0 amide bonds. The second-order valence-corrected chi connectivity index (χ2v) is 7.41. The van der Waals surface area contributed by atoms with E-state index in [9.17, 15) is 4.79 Å². The van der Waals surface area contributed by atoms with Crippen LogP contribution in [0.4, 0.5) is 0 Å². The third-order valence-corrected chi connectivity index (χ3v) is 4.93. The van der Waals surface area contributed by atoms with Crippen molar-refractivity contribution in [2.45, 2.75) is 32.6 Å². The minimum atomic E-state index is 0.152. The van der Waals surface area contributed by atoms with Gasteiger partial charge >= 0.3 is 0 Å². The molecule has 2 aromatic rings. The van der Waals surface area contributed by atoms with Crippen molar-refractivity contribution in [1.29, 1.82) is 0 Å². The number of benzene rings is 1. The van der Waals surface area contributed by atoms with Crippen LogP contribution in [0.2, 0.25) is 0 Å². The van der Waals surface area contributed by atoms with Crippen LogP contribution in [0.1, 0.15) is 41.6 Å². The van der Waals surface area contributed by atoms with E-state index in [4.69, 9.17) is 0 Å². The molecule has 3 heteroatoms. The van der Waals surface area contributed by atoms with Gasteiger partial charge in [0, 0.05) is 10.9 Å². The zero-order valence-corrected chi connectivity index (χ0v) is 13.8. The number of carbonyl (C=O) groups is 1. The molecule has 0 unspecified atom stereocenters. The summed E-state index contributed by atoms with van der Waals surface area (Å²) in [4.78, 5) is 13.0. The average Bonchev–Trinajstić information content (AvgIpc) is 2.75. The molecule has 0 aliphatic rings. The van der Waals surface area contributed by atoms with Gasteiger partial charge < -0.3 is 0 Å². The van der Waals surface area contributed by atoms with Crippen LogP contribution in [0, 0.1) is 0 Å². The molecular formula is C16H17BrOS. The Balaban J connectivity index is 2.12. The number of Topliss-reactive ketones (excluding diaryl/α,β-unsaturated/α-hetero) is 1.